The number of benzene rings is 2. The summed E-state index contributed by atoms with van der Waals surface area (Å²) in [6.45, 7) is 1.90. The number of nitrogens with one attached hydrogen (secondary N) is 2. The normalized spacial score (nSPS) is 14.8. The number of aryl methyl sites for hydroxylation is 1. The summed E-state index contributed by atoms with van der Waals surface area (Å²) in [5.41, 5.74) is 7.33. The van der Waals surface area contributed by atoms with Crippen molar-refractivity contribution in [2.24, 2.45) is 0 Å². The van der Waals surface area contributed by atoms with Crippen LogP contribution in [0.4, 0.5) is 0 Å². The predicted octanol–water partition coefficient (Wildman–Crippen LogP) is 6.89. The van der Waals surface area contributed by atoms with E-state index in [9.17, 15) is 4.79 Å². The van der Waals surface area contributed by atoms with Crippen molar-refractivity contribution >= 4 is 48.8 Å². The van der Waals surface area contributed by atoms with E-state index in [4.69, 9.17) is 9.97 Å². The van der Waals surface area contributed by atoms with Crippen LogP contribution < -0.4 is 5.32 Å². The summed E-state index contributed by atoms with van der Waals surface area (Å²) in [5, 5.41) is 3.01. The van der Waals surface area contributed by atoms with Gasteiger partial charge >= 0.3 is 0 Å². The average molecular weight is 660 g/mol. The number of hydrogen-bond donors (Lipinski definition) is 2. The molecule has 0 radical (unpaired) electrons. The Morgan fingerprint density at radius 1 is 0.975 bits per heavy atom. The van der Waals surface area contributed by atoms with Gasteiger partial charge in [-0.05, 0) is 86.0 Å². The van der Waals surface area contributed by atoms with Crippen LogP contribution >= 0.6 is 31.9 Å². The number of imidazole rings is 1. The van der Waals surface area contributed by atoms with Crippen molar-refractivity contribution in [1.82, 2.24) is 30.2 Å². The fourth-order valence-electron chi connectivity index (χ4n) is 5.39. The number of fused-ring (bicyclic) bond motifs is 2. The molecule has 0 bridgehead atoms. The fourth-order valence-corrected chi connectivity index (χ4v) is 6.68. The smallest absolute Gasteiger partial charge is 0.253 e. The highest BCUT2D eigenvalue weighted by molar-refractivity contribution is 9.11. The second-order valence-electron chi connectivity index (χ2n) is 10.0. The number of carbonyl (C=O) groups excluding carboxylic acids is 1. The van der Waals surface area contributed by atoms with E-state index in [-0.39, 0.29) is 11.9 Å². The van der Waals surface area contributed by atoms with Crippen LogP contribution in [0.15, 0.2) is 88.2 Å². The number of rotatable bonds is 8. The molecule has 5 aromatic rings. The summed E-state index contributed by atoms with van der Waals surface area (Å²) in [7, 11) is 0. The number of hydrogen-bond acceptors (Lipinski definition) is 5. The van der Waals surface area contributed by atoms with Gasteiger partial charge in [-0.2, -0.15) is 0 Å². The molecule has 7 nitrogen and oxygen atoms in total. The van der Waals surface area contributed by atoms with Crippen LogP contribution in [-0.4, -0.2) is 30.7 Å². The van der Waals surface area contributed by atoms with Gasteiger partial charge in [-0.25, -0.2) is 4.98 Å². The minimum atomic E-state index is -0.161. The van der Waals surface area contributed by atoms with Gasteiger partial charge < -0.3 is 10.3 Å². The summed E-state index contributed by atoms with van der Waals surface area (Å²) in [6.07, 6.45) is 8.42. The van der Waals surface area contributed by atoms with Gasteiger partial charge in [0.25, 0.3) is 5.91 Å². The summed E-state index contributed by atoms with van der Waals surface area (Å²) < 4.78 is 1.30. The highest BCUT2D eigenvalue weighted by atomic mass is 79.9. The number of H-pyrrole nitrogens is 1. The van der Waals surface area contributed by atoms with Crippen LogP contribution in [0, 0.1) is 0 Å². The van der Waals surface area contributed by atoms with Crippen LogP contribution in [0.5, 0.6) is 0 Å². The first-order valence-electron chi connectivity index (χ1n) is 13.3. The second-order valence-corrected chi connectivity index (χ2v) is 11.7. The molecule has 3 heterocycles. The third kappa shape index (κ3) is 5.87. The molecule has 0 saturated heterocycles. The van der Waals surface area contributed by atoms with Crippen molar-refractivity contribution in [1.29, 1.82) is 0 Å². The molecule has 9 heteroatoms. The summed E-state index contributed by atoms with van der Waals surface area (Å²) in [4.78, 5) is 32.5. The molecule has 1 amide bonds. The Morgan fingerprint density at radius 2 is 1.75 bits per heavy atom. The van der Waals surface area contributed by atoms with Crippen LogP contribution in [0.25, 0.3) is 11.0 Å². The SMILES string of the molecule is O=C(NCc1ccc(CN(Cc2nc3ccccc3[nH]2)C2CCCc3cccnc32)cc1)c1c(Br)cncc1Br. The highest BCUT2D eigenvalue weighted by Crippen LogP contribution is 2.35. The average Bonchev–Trinajstić information content (AvgIpc) is 3.38. The van der Waals surface area contributed by atoms with Gasteiger partial charge in [-0.1, -0.05) is 42.5 Å². The van der Waals surface area contributed by atoms with Gasteiger partial charge in [0, 0.05) is 40.6 Å². The predicted molar refractivity (Wildman–Crippen MR) is 163 cm³/mol. The number of nitrogens with zero attached hydrogens (tertiary/aromatic N) is 4. The Balaban J connectivity index is 1.20. The van der Waals surface area contributed by atoms with E-state index in [0.29, 0.717) is 27.6 Å². The van der Waals surface area contributed by atoms with Crippen molar-refractivity contribution in [3.05, 3.63) is 122 Å². The number of amides is 1. The number of aromatic nitrogens is 4. The number of halogens is 2. The molecule has 0 saturated carbocycles. The van der Waals surface area contributed by atoms with E-state index >= 15 is 0 Å². The quantitative estimate of drug-likeness (QED) is 0.190. The van der Waals surface area contributed by atoms with E-state index in [1.165, 1.54) is 16.8 Å². The van der Waals surface area contributed by atoms with Crippen LogP contribution in [0.1, 0.15) is 57.5 Å². The summed E-state index contributed by atoms with van der Waals surface area (Å²) in [5.74, 6) is 0.794. The van der Waals surface area contributed by atoms with E-state index < -0.39 is 0 Å². The molecule has 1 atom stereocenters. The lowest BCUT2D eigenvalue weighted by atomic mass is 9.90. The van der Waals surface area contributed by atoms with Crippen molar-refractivity contribution in [2.75, 3.05) is 0 Å². The van der Waals surface area contributed by atoms with Gasteiger partial charge in [0.1, 0.15) is 5.82 Å². The van der Waals surface area contributed by atoms with Crippen molar-refractivity contribution in [3.8, 4) is 0 Å². The van der Waals surface area contributed by atoms with Crippen LogP contribution in [0.2, 0.25) is 0 Å². The zero-order valence-electron chi connectivity index (χ0n) is 21.8. The molecule has 2 aromatic carbocycles. The van der Waals surface area contributed by atoms with Gasteiger partial charge in [0.15, 0.2) is 0 Å². The Labute approximate surface area is 249 Å². The topological polar surface area (TPSA) is 86.8 Å². The summed E-state index contributed by atoms with van der Waals surface area (Å²) in [6, 6.07) is 21.1. The Morgan fingerprint density at radius 3 is 2.55 bits per heavy atom. The largest absolute Gasteiger partial charge is 0.348 e. The lowest BCUT2D eigenvalue weighted by Crippen LogP contribution is -2.31. The molecule has 1 aliphatic rings. The lowest BCUT2D eigenvalue weighted by Gasteiger charge is -2.34. The minimum absolute atomic E-state index is 0.161. The molecule has 0 aliphatic heterocycles. The number of pyridine rings is 2. The number of aromatic amines is 1. The second kappa shape index (κ2) is 12.0. The van der Waals surface area contributed by atoms with Gasteiger partial charge in [0.2, 0.25) is 0 Å². The third-order valence-corrected chi connectivity index (χ3v) is 8.54. The molecule has 0 spiro atoms. The lowest BCUT2D eigenvalue weighted by molar-refractivity contribution is 0.0949. The molecule has 40 heavy (non-hydrogen) atoms. The molecular formula is C31H28Br2N6O. The maximum absolute atomic E-state index is 12.8. The zero-order valence-corrected chi connectivity index (χ0v) is 25.0. The molecule has 1 aliphatic carbocycles. The molecule has 0 fully saturated rings. The molecule has 2 N–H and O–H groups in total. The Bertz CT molecular complexity index is 1600. The van der Waals surface area contributed by atoms with Gasteiger partial charge in [0.05, 0.1) is 34.9 Å². The fraction of sp³-hybridized carbons (Fsp3) is 0.226. The van der Waals surface area contributed by atoms with Crippen molar-refractivity contribution in [3.63, 3.8) is 0 Å². The zero-order chi connectivity index (χ0) is 27.5. The van der Waals surface area contributed by atoms with Crippen LogP contribution in [-0.2, 0) is 26.1 Å². The first kappa shape index (κ1) is 26.8. The van der Waals surface area contributed by atoms with Crippen LogP contribution in [0.3, 0.4) is 0 Å². The number of carbonyl (C=O) groups is 1. The highest BCUT2D eigenvalue weighted by Gasteiger charge is 2.28. The number of para-hydroxylation sites is 2. The molecule has 6 rings (SSSR count). The molecular weight excluding hydrogens is 632 g/mol. The summed E-state index contributed by atoms with van der Waals surface area (Å²) >= 11 is 6.83. The van der Waals surface area contributed by atoms with E-state index in [2.05, 4.69) is 88.4 Å². The standard InChI is InChI=1S/C31H28Br2N6O/c32-23-16-34-17-24(33)29(23)31(40)36-15-20-10-12-21(13-11-20)18-39(19-28-37-25-7-1-2-8-26(25)38-28)27-9-3-5-22-6-4-14-35-30(22)27/h1-2,4,6-8,10-14,16-17,27H,3,5,9,15,18-19H2,(H,36,40)(H,37,38). The monoisotopic (exact) mass is 658 g/mol. The van der Waals surface area contributed by atoms with Gasteiger partial charge in [-0.3, -0.25) is 19.7 Å². The maximum atomic E-state index is 12.8. The maximum Gasteiger partial charge on any atom is 0.253 e. The van der Waals surface area contributed by atoms with Gasteiger partial charge in [-0.15, -0.1) is 0 Å². The van der Waals surface area contributed by atoms with Crippen molar-refractivity contribution < 1.29 is 4.79 Å². The first-order valence-corrected chi connectivity index (χ1v) is 14.9. The first-order chi connectivity index (χ1) is 19.5. The molecule has 3 aromatic heterocycles. The van der Waals surface area contributed by atoms with Crippen molar-refractivity contribution in [2.45, 2.75) is 44.9 Å². The van der Waals surface area contributed by atoms with E-state index in [1.807, 2.05) is 30.5 Å². The third-order valence-electron chi connectivity index (χ3n) is 7.34. The van der Waals surface area contributed by atoms with E-state index in [0.717, 1.165) is 48.2 Å². The molecule has 202 valence electrons. The molecule has 1 unspecified atom stereocenters. The van der Waals surface area contributed by atoms with E-state index in [1.54, 1.807) is 12.4 Å². The minimum Gasteiger partial charge on any atom is -0.348 e. The Kier molecular flexibility index (Phi) is 8.04. The Hall–Kier alpha value is -3.40.